The lowest BCUT2D eigenvalue weighted by Gasteiger charge is -2.14. The van der Waals surface area contributed by atoms with E-state index < -0.39 is 28.7 Å². The van der Waals surface area contributed by atoms with E-state index in [9.17, 15) is 29.0 Å². The van der Waals surface area contributed by atoms with Crippen LogP contribution in [0.5, 0.6) is 0 Å². The Balaban J connectivity index is 2.44. The molecule has 0 aliphatic heterocycles. The van der Waals surface area contributed by atoms with Gasteiger partial charge in [-0.2, -0.15) is 0 Å². The lowest BCUT2D eigenvalue weighted by molar-refractivity contribution is -0.130. The average molecular weight is 389 g/mol. The smallest absolute Gasteiger partial charge is 0.352 e. The molecule has 2 N–H and O–H groups in total. The van der Waals surface area contributed by atoms with Crippen molar-refractivity contribution in [2.24, 2.45) is 0 Å². The predicted molar refractivity (Wildman–Crippen MR) is 96.2 cm³/mol. The summed E-state index contributed by atoms with van der Waals surface area (Å²) >= 11 is 5.78. The Bertz CT molecular complexity index is 1170. The summed E-state index contributed by atoms with van der Waals surface area (Å²) in [5.74, 6) is -3.89. The van der Waals surface area contributed by atoms with Crippen LogP contribution in [0.1, 0.15) is 15.9 Å². The zero-order valence-electron chi connectivity index (χ0n) is 13.4. The van der Waals surface area contributed by atoms with Gasteiger partial charge in [-0.1, -0.05) is 11.6 Å². The Morgan fingerprint density at radius 1 is 1.19 bits per heavy atom. The van der Waals surface area contributed by atoms with Gasteiger partial charge >= 0.3 is 11.9 Å². The normalized spacial score (nSPS) is 11.6. The summed E-state index contributed by atoms with van der Waals surface area (Å²) in [4.78, 5) is 39.4. The largest absolute Gasteiger partial charge is 0.477 e. The molecule has 0 aliphatic carbocycles. The van der Waals surface area contributed by atoms with Crippen LogP contribution >= 0.6 is 11.6 Å². The highest BCUT2D eigenvalue weighted by Gasteiger charge is 2.20. The maximum absolute atomic E-state index is 13.8. The number of aromatic nitrogens is 2. The van der Waals surface area contributed by atoms with Gasteiger partial charge in [0, 0.05) is 24.0 Å². The number of aliphatic carboxylic acids is 1. The molecule has 7 nitrogen and oxygen atoms in total. The minimum Gasteiger partial charge on any atom is -0.477 e. The molecular weight excluding hydrogens is 379 g/mol. The van der Waals surface area contributed by atoms with Crippen LogP contribution in [0.3, 0.4) is 0 Å². The van der Waals surface area contributed by atoms with Crippen LogP contribution in [-0.4, -0.2) is 31.7 Å². The minimum atomic E-state index is -1.57. The number of carboxylic acids is 2. The van der Waals surface area contributed by atoms with Crippen molar-refractivity contribution in [3.63, 3.8) is 0 Å². The highest BCUT2D eigenvalue weighted by molar-refractivity contribution is 6.31. The molecule has 0 saturated heterocycles. The summed E-state index contributed by atoms with van der Waals surface area (Å²) in [5.41, 5.74) is -1.58. The first-order valence-corrected chi connectivity index (χ1v) is 7.80. The summed E-state index contributed by atoms with van der Waals surface area (Å²) in [6.07, 6.45) is 5.03. The fourth-order valence-corrected chi connectivity index (χ4v) is 2.68. The van der Waals surface area contributed by atoms with Crippen molar-refractivity contribution in [3.8, 4) is 0 Å². The van der Waals surface area contributed by atoms with Gasteiger partial charge in [0.2, 0.25) is 5.43 Å². The number of aromatic carboxylic acids is 1. The van der Waals surface area contributed by atoms with Gasteiger partial charge in [0.05, 0.1) is 10.5 Å². The number of nitrogens with zero attached hydrogens (tertiary/aromatic N) is 2. The third-order valence-electron chi connectivity index (χ3n) is 3.76. The number of fused-ring (bicyclic) bond motifs is 1. The second-order valence-corrected chi connectivity index (χ2v) is 5.85. The van der Waals surface area contributed by atoms with Crippen LogP contribution in [0, 0.1) is 5.82 Å². The average Bonchev–Trinajstić information content (AvgIpc) is 2.62. The van der Waals surface area contributed by atoms with E-state index in [1.165, 1.54) is 18.5 Å². The molecule has 0 radical (unpaired) electrons. The van der Waals surface area contributed by atoms with Crippen LogP contribution in [-0.2, 0) is 4.79 Å². The molecule has 3 rings (SSSR count). The number of benzene rings is 1. The van der Waals surface area contributed by atoms with E-state index >= 15 is 0 Å². The minimum absolute atomic E-state index is 0.0425. The number of halogens is 2. The maximum atomic E-state index is 13.8. The molecule has 2 aromatic heterocycles. The first-order chi connectivity index (χ1) is 12.8. The van der Waals surface area contributed by atoms with Crippen molar-refractivity contribution in [1.82, 2.24) is 9.55 Å². The highest BCUT2D eigenvalue weighted by Crippen LogP contribution is 2.25. The Kier molecular flexibility index (Phi) is 4.74. The molecule has 0 atom stereocenters. The van der Waals surface area contributed by atoms with Gasteiger partial charge in [0.15, 0.2) is 0 Å². The Hall–Kier alpha value is -3.52. The molecule has 1 aromatic carbocycles. The SMILES string of the molecule is O=C(O)/C(=C\c1ccncc1)n1cc(C(=O)O)c(=O)c2cc(F)c(Cl)cc21. The van der Waals surface area contributed by atoms with E-state index in [2.05, 4.69) is 4.98 Å². The third kappa shape index (κ3) is 3.42. The van der Waals surface area contributed by atoms with Gasteiger partial charge in [0.1, 0.15) is 17.1 Å². The maximum Gasteiger partial charge on any atom is 0.352 e. The highest BCUT2D eigenvalue weighted by atomic mass is 35.5. The first kappa shape index (κ1) is 18.3. The summed E-state index contributed by atoms with van der Waals surface area (Å²) in [6.45, 7) is 0. The number of hydrogen-bond donors (Lipinski definition) is 2. The number of hydrogen-bond acceptors (Lipinski definition) is 4. The Labute approximate surface area is 155 Å². The molecular formula is C18H10ClFN2O5. The quantitative estimate of drug-likeness (QED) is 0.665. The summed E-state index contributed by atoms with van der Waals surface area (Å²) < 4.78 is 14.8. The second kappa shape index (κ2) is 7.00. The molecule has 136 valence electrons. The van der Waals surface area contributed by atoms with Gasteiger partial charge < -0.3 is 14.8 Å². The number of pyridine rings is 2. The summed E-state index contributed by atoms with van der Waals surface area (Å²) in [7, 11) is 0. The van der Waals surface area contributed by atoms with Gasteiger partial charge in [-0.05, 0) is 35.9 Å². The molecule has 0 unspecified atom stereocenters. The van der Waals surface area contributed by atoms with Crippen molar-refractivity contribution < 1.29 is 24.2 Å². The lowest BCUT2D eigenvalue weighted by Crippen LogP contribution is -2.20. The standard InChI is InChI=1S/C18H10ClFN2O5/c19-12-7-14-10(6-13(12)20)16(23)11(17(24)25)8-22(14)15(18(26)27)5-9-1-3-21-4-2-9/h1-8H,(H,24,25)(H,26,27)/b15-5+. The fraction of sp³-hybridized carbons (Fsp3) is 0. The van der Waals surface area contributed by atoms with Crippen molar-refractivity contribution >= 4 is 46.2 Å². The molecule has 2 heterocycles. The first-order valence-electron chi connectivity index (χ1n) is 7.42. The van der Waals surface area contributed by atoms with Crippen LogP contribution in [0.4, 0.5) is 4.39 Å². The summed E-state index contributed by atoms with van der Waals surface area (Å²) in [6, 6.07) is 4.94. The van der Waals surface area contributed by atoms with Crippen molar-refractivity contribution in [2.45, 2.75) is 0 Å². The van der Waals surface area contributed by atoms with Crippen LogP contribution in [0.2, 0.25) is 5.02 Å². The van der Waals surface area contributed by atoms with Crippen LogP contribution in [0.25, 0.3) is 22.7 Å². The van der Waals surface area contributed by atoms with Gasteiger partial charge in [-0.25, -0.2) is 14.0 Å². The zero-order chi connectivity index (χ0) is 19.7. The van der Waals surface area contributed by atoms with Crippen LogP contribution < -0.4 is 5.43 Å². The summed E-state index contributed by atoms with van der Waals surface area (Å²) in [5, 5.41) is 18.3. The molecule has 0 fully saturated rings. The molecule has 0 saturated carbocycles. The number of rotatable bonds is 4. The van der Waals surface area contributed by atoms with Crippen molar-refractivity contribution in [1.29, 1.82) is 0 Å². The molecule has 0 amide bonds. The van der Waals surface area contributed by atoms with E-state index in [4.69, 9.17) is 11.6 Å². The van der Waals surface area contributed by atoms with E-state index in [0.717, 1.165) is 22.9 Å². The molecule has 0 bridgehead atoms. The molecule has 3 aromatic rings. The fourth-order valence-electron chi connectivity index (χ4n) is 2.52. The zero-order valence-corrected chi connectivity index (χ0v) is 14.1. The van der Waals surface area contributed by atoms with E-state index in [0.29, 0.717) is 5.56 Å². The van der Waals surface area contributed by atoms with Gasteiger partial charge in [-0.15, -0.1) is 0 Å². The molecule has 27 heavy (non-hydrogen) atoms. The lowest BCUT2D eigenvalue weighted by atomic mass is 10.1. The van der Waals surface area contributed by atoms with Gasteiger partial charge in [-0.3, -0.25) is 9.78 Å². The van der Waals surface area contributed by atoms with Gasteiger partial charge in [0.25, 0.3) is 0 Å². The molecule has 0 aliphatic rings. The molecule has 0 spiro atoms. The van der Waals surface area contributed by atoms with E-state index in [1.807, 2.05) is 0 Å². The third-order valence-corrected chi connectivity index (χ3v) is 4.05. The second-order valence-electron chi connectivity index (χ2n) is 5.45. The van der Waals surface area contributed by atoms with Crippen molar-refractivity contribution in [2.75, 3.05) is 0 Å². The topological polar surface area (TPSA) is 109 Å². The van der Waals surface area contributed by atoms with E-state index in [-0.39, 0.29) is 21.6 Å². The van der Waals surface area contributed by atoms with E-state index in [1.54, 1.807) is 12.1 Å². The molecule has 9 heteroatoms. The van der Waals surface area contributed by atoms with Crippen molar-refractivity contribution in [3.05, 3.63) is 75.0 Å². The predicted octanol–water partition coefficient (Wildman–Crippen LogP) is 2.97. The Morgan fingerprint density at radius 2 is 1.85 bits per heavy atom. The monoisotopic (exact) mass is 388 g/mol. The number of carboxylic acid groups (broad SMARTS) is 2. The Morgan fingerprint density at radius 3 is 2.44 bits per heavy atom. The number of carbonyl (C=O) groups is 2. The van der Waals surface area contributed by atoms with Crippen LogP contribution in [0.15, 0.2) is 47.7 Å².